The molecular formula is C13H19ClN2O2S. The number of halogens is 1. The lowest BCUT2D eigenvalue weighted by molar-refractivity contribution is 0.220. The average Bonchev–Trinajstić information content (AvgIpc) is 2.27. The Morgan fingerprint density at radius 3 is 2.37 bits per heavy atom. The van der Waals surface area contributed by atoms with Gasteiger partial charge in [-0.05, 0) is 44.5 Å². The molecule has 4 nitrogen and oxygen atoms in total. The number of piperazine rings is 1. The summed E-state index contributed by atoms with van der Waals surface area (Å²) in [7, 11) is -3.47. The van der Waals surface area contributed by atoms with E-state index in [2.05, 4.69) is 5.32 Å². The van der Waals surface area contributed by atoms with Crippen molar-refractivity contribution in [1.29, 1.82) is 0 Å². The standard InChI is InChI=1S/C13H19ClN2O2S/c1-9-6-12(14)4-5-13(9)19(17,18)16-10(2)7-15-8-11(16)3/h4-6,10-11,15H,7-8H2,1-3H3. The molecule has 1 fully saturated rings. The largest absolute Gasteiger partial charge is 0.314 e. The van der Waals surface area contributed by atoms with E-state index in [0.717, 1.165) is 0 Å². The van der Waals surface area contributed by atoms with Crippen LogP contribution in [0.5, 0.6) is 0 Å². The van der Waals surface area contributed by atoms with Gasteiger partial charge in [0.05, 0.1) is 4.90 Å². The van der Waals surface area contributed by atoms with Crippen molar-refractivity contribution in [2.75, 3.05) is 13.1 Å². The fourth-order valence-electron chi connectivity index (χ4n) is 2.61. The normalized spacial score (nSPS) is 25.5. The molecule has 0 bridgehead atoms. The molecule has 1 aromatic rings. The van der Waals surface area contributed by atoms with Crippen LogP contribution in [0.4, 0.5) is 0 Å². The van der Waals surface area contributed by atoms with Crippen LogP contribution in [0.1, 0.15) is 19.4 Å². The van der Waals surface area contributed by atoms with Crippen LogP contribution in [0, 0.1) is 6.92 Å². The molecule has 1 heterocycles. The first kappa shape index (κ1) is 14.8. The van der Waals surface area contributed by atoms with E-state index in [1.54, 1.807) is 29.4 Å². The summed E-state index contributed by atoms with van der Waals surface area (Å²) in [6.07, 6.45) is 0. The van der Waals surface area contributed by atoms with E-state index in [9.17, 15) is 8.42 Å². The van der Waals surface area contributed by atoms with Gasteiger partial charge in [-0.25, -0.2) is 8.42 Å². The molecule has 0 radical (unpaired) electrons. The lowest BCUT2D eigenvalue weighted by Gasteiger charge is -2.38. The van der Waals surface area contributed by atoms with Crippen LogP contribution in [0.2, 0.25) is 5.02 Å². The molecule has 6 heteroatoms. The third-order valence-corrected chi connectivity index (χ3v) is 5.96. The molecule has 106 valence electrons. The molecular weight excluding hydrogens is 284 g/mol. The van der Waals surface area contributed by atoms with Gasteiger partial charge in [-0.1, -0.05) is 11.6 Å². The second kappa shape index (κ2) is 5.40. The van der Waals surface area contributed by atoms with Crippen LogP contribution in [0.15, 0.2) is 23.1 Å². The van der Waals surface area contributed by atoms with E-state index >= 15 is 0 Å². The molecule has 2 rings (SSSR count). The number of nitrogens with one attached hydrogen (secondary N) is 1. The SMILES string of the molecule is Cc1cc(Cl)ccc1S(=O)(=O)N1C(C)CNCC1C. The first-order valence-corrected chi connectivity index (χ1v) is 8.16. The van der Waals surface area contributed by atoms with Crippen molar-refractivity contribution in [3.05, 3.63) is 28.8 Å². The van der Waals surface area contributed by atoms with Gasteiger partial charge in [-0.15, -0.1) is 0 Å². The zero-order chi connectivity index (χ0) is 14.2. The molecule has 19 heavy (non-hydrogen) atoms. The Hall–Kier alpha value is -0.620. The molecule has 1 N–H and O–H groups in total. The lowest BCUT2D eigenvalue weighted by atomic mass is 10.2. The summed E-state index contributed by atoms with van der Waals surface area (Å²) >= 11 is 5.89. The number of hydrogen-bond acceptors (Lipinski definition) is 3. The number of aryl methyl sites for hydroxylation is 1. The summed E-state index contributed by atoms with van der Waals surface area (Å²) < 4.78 is 27.2. The monoisotopic (exact) mass is 302 g/mol. The van der Waals surface area contributed by atoms with Crippen LogP contribution < -0.4 is 5.32 Å². The number of benzene rings is 1. The number of nitrogens with zero attached hydrogens (tertiary/aromatic N) is 1. The second-order valence-electron chi connectivity index (χ2n) is 5.10. The Kier molecular flexibility index (Phi) is 4.20. The smallest absolute Gasteiger partial charge is 0.243 e. The van der Waals surface area contributed by atoms with Crippen LogP contribution in [0.3, 0.4) is 0 Å². The van der Waals surface area contributed by atoms with E-state index in [4.69, 9.17) is 11.6 Å². The summed E-state index contributed by atoms with van der Waals surface area (Å²) in [5.41, 5.74) is 0.686. The molecule has 1 aliphatic rings. The summed E-state index contributed by atoms with van der Waals surface area (Å²) in [6, 6.07) is 4.80. The molecule has 2 atom stereocenters. The van der Waals surface area contributed by atoms with Crippen molar-refractivity contribution in [1.82, 2.24) is 9.62 Å². The van der Waals surface area contributed by atoms with Crippen molar-refractivity contribution in [2.45, 2.75) is 37.8 Å². The van der Waals surface area contributed by atoms with Gasteiger partial charge in [-0.2, -0.15) is 4.31 Å². The second-order valence-corrected chi connectivity index (χ2v) is 7.35. The molecule has 2 unspecified atom stereocenters. The fourth-order valence-corrected chi connectivity index (χ4v) is 4.86. The Bertz CT molecular complexity index is 564. The van der Waals surface area contributed by atoms with Crippen LogP contribution in [0.25, 0.3) is 0 Å². The van der Waals surface area contributed by atoms with Gasteiger partial charge in [0, 0.05) is 30.2 Å². The number of hydrogen-bond donors (Lipinski definition) is 1. The van der Waals surface area contributed by atoms with Gasteiger partial charge in [0.25, 0.3) is 0 Å². The van der Waals surface area contributed by atoms with Gasteiger partial charge < -0.3 is 5.32 Å². The lowest BCUT2D eigenvalue weighted by Crippen LogP contribution is -2.57. The van der Waals surface area contributed by atoms with Crippen molar-refractivity contribution in [3.63, 3.8) is 0 Å². The molecule has 0 aromatic heterocycles. The van der Waals surface area contributed by atoms with E-state index in [-0.39, 0.29) is 12.1 Å². The fraction of sp³-hybridized carbons (Fsp3) is 0.538. The van der Waals surface area contributed by atoms with Crippen molar-refractivity contribution >= 4 is 21.6 Å². The van der Waals surface area contributed by atoms with E-state index in [0.29, 0.717) is 28.6 Å². The highest BCUT2D eigenvalue weighted by Gasteiger charge is 2.36. The van der Waals surface area contributed by atoms with Gasteiger partial charge in [0.1, 0.15) is 0 Å². The molecule has 1 aromatic carbocycles. The number of sulfonamides is 1. The van der Waals surface area contributed by atoms with Gasteiger partial charge in [0.15, 0.2) is 0 Å². The molecule has 0 saturated carbocycles. The molecule has 0 spiro atoms. The molecule has 1 aliphatic heterocycles. The Morgan fingerprint density at radius 2 is 1.84 bits per heavy atom. The van der Waals surface area contributed by atoms with Gasteiger partial charge in [-0.3, -0.25) is 0 Å². The maximum absolute atomic E-state index is 12.8. The van der Waals surface area contributed by atoms with Gasteiger partial charge >= 0.3 is 0 Å². The van der Waals surface area contributed by atoms with Crippen molar-refractivity contribution in [3.8, 4) is 0 Å². The zero-order valence-corrected chi connectivity index (χ0v) is 12.9. The maximum Gasteiger partial charge on any atom is 0.243 e. The summed E-state index contributed by atoms with van der Waals surface area (Å²) in [6.45, 7) is 6.97. The maximum atomic E-state index is 12.8. The van der Waals surface area contributed by atoms with E-state index in [1.165, 1.54) is 0 Å². The molecule has 0 amide bonds. The van der Waals surface area contributed by atoms with Crippen LogP contribution in [-0.4, -0.2) is 37.9 Å². The summed E-state index contributed by atoms with van der Waals surface area (Å²) in [5.74, 6) is 0. The highest BCUT2D eigenvalue weighted by Crippen LogP contribution is 2.26. The minimum atomic E-state index is -3.47. The molecule has 0 aliphatic carbocycles. The van der Waals surface area contributed by atoms with Crippen molar-refractivity contribution < 1.29 is 8.42 Å². The predicted octanol–water partition coefficient (Wildman–Crippen LogP) is 2.02. The first-order valence-electron chi connectivity index (χ1n) is 6.34. The van der Waals surface area contributed by atoms with E-state index < -0.39 is 10.0 Å². The Labute approximate surface area is 119 Å². The minimum absolute atomic E-state index is 0.0520. The highest BCUT2D eigenvalue weighted by molar-refractivity contribution is 7.89. The third-order valence-electron chi connectivity index (χ3n) is 3.44. The summed E-state index contributed by atoms with van der Waals surface area (Å²) in [5, 5.41) is 3.79. The van der Waals surface area contributed by atoms with Crippen molar-refractivity contribution in [2.24, 2.45) is 0 Å². The van der Waals surface area contributed by atoms with Crippen LogP contribution >= 0.6 is 11.6 Å². The Balaban J connectivity index is 2.46. The van der Waals surface area contributed by atoms with Gasteiger partial charge in [0.2, 0.25) is 10.0 Å². The third kappa shape index (κ3) is 2.79. The zero-order valence-electron chi connectivity index (χ0n) is 11.4. The highest BCUT2D eigenvalue weighted by atomic mass is 35.5. The van der Waals surface area contributed by atoms with Crippen LogP contribution in [-0.2, 0) is 10.0 Å². The average molecular weight is 303 g/mol. The predicted molar refractivity (Wildman–Crippen MR) is 77.0 cm³/mol. The number of rotatable bonds is 2. The first-order chi connectivity index (χ1) is 8.84. The minimum Gasteiger partial charge on any atom is -0.314 e. The topological polar surface area (TPSA) is 49.4 Å². The summed E-state index contributed by atoms with van der Waals surface area (Å²) in [4.78, 5) is 0.345. The quantitative estimate of drug-likeness (QED) is 0.909. The molecule has 1 saturated heterocycles. The Morgan fingerprint density at radius 1 is 1.26 bits per heavy atom. The van der Waals surface area contributed by atoms with E-state index in [1.807, 2.05) is 13.8 Å².